The largest absolute Gasteiger partial charge is 0.392 e. The molecule has 1 aliphatic carbocycles. The van der Waals surface area contributed by atoms with Crippen LogP contribution in [0.1, 0.15) is 37.8 Å². The Labute approximate surface area is 158 Å². The van der Waals surface area contributed by atoms with Gasteiger partial charge >= 0.3 is 0 Å². The number of nitrogens with zero attached hydrogens (tertiary/aromatic N) is 1. The van der Waals surface area contributed by atoms with Gasteiger partial charge in [-0.2, -0.15) is 0 Å². The van der Waals surface area contributed by atoms with E-state index in [1.54, 1.807) is 25.3 Å². The van der Waals surface area contributed by atoms with Gasteiger partial charge < -0.3 is 10.1 Å². The molecule has 0 spiro atoms. The number of H-pyrrole nitrogens is 1. The van der Waals surface area contributed by atoms with Crippen molar-refractivity contribution in [3.05, 3.63) is 48.3 Å². The van der Waals surface area contributed by atoms with Crippen LogP contribution >= 0.6 is 0 Å². The van der Waals surface area contributed by atoms with Crippen molar-refractivity contribution in [3.8, 4) is 11.1 Å². The van der Waals surface area contributed by atoms with Gasteiger partial charge in [0.05, 0.1) is 11.0 Å². The Bertz CT molecular complexity index is 1050. The molecule has 4 rings (SSSR count). The first-order valence-corrected chi connectivity index (χ1v) is 10.7. The first-order chi connectivity index (χ1) is 13.0. The number of hydrogen-bond donors (Lipinski definition) is 3. The number of benzene rings is 1. The molecule has 0 radical (unpaired) electrons. The van der Waals surface area contributed by atoms with Gasteiger partial charge in [0.15, 0.2) is 0 Å². The molecule has 0 saturated heterocycles. The second-order valence-corrected chi connectivity index (χ2v) is 8.83. The van der Waals surface area contributed by atoms with Gasteiger partial charge in [0.25, 0.3) is 0 Å². The van der Waals surface area contributed by atoms with E-state index in [4.69, 9.17) is 0 Å². The third kappa shape index (κ3) is 3.76. The molecule has 0 bridgehead atoms. The van der Waals surface area contributed by atoms with Crippen LogP contribution in [-0.4, -0.2) is 36.1 Å². The molecular weight excluding hydrogens is 362 g/mol. The summed E-state index contributed by atoms with van der Waals surface area (Å²) in [4.78, 5) is 8.00. The monoisotopic (exact) mass is 385 g/mol. The summed E-state index contributed by atoms with van der Waals surface area (Å²) in [6.45, 7) is 1.82. The van der Waals surface area contributed by atoms with Gasteiger partial charge in [0.1, 0.15) is 5.65 Å². The van der Waals surface area contributed by atoms with Crippen LogP contribution < -0.4 is 4.72 Å². The Morgan fingerprint density at radius 3 is 2.67 bits per heavy atom. The van der Waals surface area contributed by atoms with Crippen LogP contribution in [0.25, 0.3) is 22.2 Å². The molecule has 1 unspecified atom stereocenters. The van der Waals surface area contributed by atoms with Gasteiger partial charge in [-0.1, -0.05) is 19.1 Å². The number of nitrogens with one attached hydrogen (secondary N) is 2. The lowest BCUT2D eigenvalue weighted by Crippen LogP contribution is -2.31. The van der Waals surface area contributed by atoms with Gasteiger partial charge in [-0.15, -0.1) is 0 Å². The number of pyridine rings is 1. The summed E-state index contributed by atoms with van der Waals surface area (Å²) in [5, 5.41) is 10.6. The maximum Gasteiger partial charge on any atom is 0.240 e. The van der Waals surface area contributed by atoms with Crippen LogP contribution in [0, 0.1) is 0 Å². The third-order valence-electron chi connectivity index (χ3n) is 5.03. The summed E-state index contributed by atoms with van der Waals surface area (Å²) in [5.74, 6) is 0.615. The molecule has 3 N–H and O–H groups in total. The molecule has 3 aromatic rings. The van der Waals surface area contributed by atoms with E-state index in [1.807, 2.05) is 18.2 Å². The summed E-state index contributed by atoms with van der Waals surface area (Å²) in [7, 11) is -3.63. The number of aliphatic hydroxyl groups is 1. The quantitative estimate of drug-likeness (QED) is 0.582. The van der Waals surface area contributed by atoms with E-state index in [-0.39, 0.29) is 11.4 Å². The Balaban J connectivity index is 1.62. The topological polar surface area (TPSA) is 95.1 Å². The Hall–Kier alpha value is -2.22. The molecule has 6 nitrogen and oxygen atoms in total. The normalized spacial score (nSPS) is 15.9. The van der Waals surface area contributed by atoms with Crippen LogP contribution in [0.2, 0.25) is 0 Å². The van der Waals surface area contributed by atoms with Crippen molar-refractivity contribution < 1.29 is 13.5 Å². The number of rotatable bonds is 7. The van der Waals surface area contributed by atoms with E-state index in [0.717, 1.165) is 22.2 Å². The molecule has 0 aliphatic heterocycles. The van der Waals surface area contributed by atoms with Crippen molar-refractivity contribution in [2.75, 3.05) is 6.54 Å². The highest BCUT2D eigenvalue weighted by atomic mass is 32.2. The van der Waals surface area contributed by atoms with Crippen LogP contribution in [0.15, 0.2) is 47.5 Å². The van der Waals surface area contributed by atoms with Crippen LogP contribution in [0.4, 0.5) is 0 Å². The number of fused-ring (bicyclic) bond motifs is 1. The first kappa shape index (κ1) is 18.2. The minimum Gasteiger partial charge on any atom is -0.392 e. The van der Waals surface area contributed by atoms with E-state index in [0.29, 0.717) is 12.3 Å². The van der Waals surface area contributed by atoms with E-state index >= 15 is 0 Å². The van der Waals surface area contributed by atoms with Crippen molar-refractivity contribution in [2.24, 2.45) is 0 Å². The number of aromatic nitrogens is 2. The third-order valence-corrected chi connectivity index (χ3v) is 6.47. The molecule has 2 heterocycles. The summed E-state index contributed by atoms with van der Waals surface area (Å²) in [6.07, 6.45) is 4.02. The number of sulfonamides is 1. The minimum absolute atomic E-state index is 0.0128. The maximum absolute atomic E-state index is 12.4. The predicted octanol–water partition coefficient (Wildman–Crippen LogP) is 3.16. The van der Waals surface area contributed by atoms with Gasteiger partial charge in [-0.3, -0.25) is 0 Å². The molecule has 142 valence electrons. The first-order valence-electron chi connectivity index (χ1n) is 9.23. The summed E-state index contributed by atoms with van der Waals surface area (Å²) >= 11 is 0. The van der Waals surface area contributed by atoms with Gasteiger partial charge in [-0.25, -0.2) is 18.1 Å². The highest BCUT2D eigenvalue weighted by Gasteiger charge is 2.26. The second kappa shape index (κ2) is 7.07. The molecule has 1 fully saturated rings. The fourth-order valence-electron chi connectivity index (χ4n) is 3.16. The Morgan fingerprint density at radius 1 is 1.26 bits per heavy atom. The lowest BCUT2D eigenvalue weighted by molar-refractivity contribution is 0.174. The van der Waals surface area contributed by atoms with Crippen molar-refractivity contribution in [1.82, 2.24) is 14.7 Å². The average Bonchev–Trinajstić information content (AvgIpc) is 3.44. The molecule has 0 amide bonds. The molecule has 7 heteroatoms. The Kier molecular flexibility index (Phi) is 4.75. The molecule has 27 heavy (non-hydrogen) atoms. The van der Waals surface area contributed by atoms with Crippen LogP contribution in [-0.2, 0) is 10.0 Å². The van der Waals surface area contributed by atoms with E-state index in [1.165, 1.54) is 18.5 Å². The minimum atomic E-state index is -3.63. The summed E-state index contributed by atoms with van der Waals surface area (Å²) in [5.41, 5.74) is 4.06. The highest BCUT2D eigenvalue weighted by Crippen LogP contribution is 2.41. The zero-order chi connectivity index (χ0) is 19.0. The second-order valence-electron chi connectivity index (χ2n) is 7.06. The molecule has 1 saturated carbocycles. The lowest BCUT2D eigenvalue weighted by Gasteiger charge is -2.11. The molecule has 1 atom stereocenters. The molecule has 1 aliphatic rings. The SMILES string of the molecule is CCC(O)CNS(=O)(=O)c1ccc(-c2ccnc3[nH]c(C4CC4)cc23)cc1. The van der Waals surface area contributed by atoms with Crippen molar-refractivity contribution in [3.63, 3.8) is 0 Å². The predicted molar refractivity (Wildman–Crippen MR) is 105 cm³/mol. The van der Waals surface area contributed by atoms with Crippen molar-refractivity contribution in [2.45, 2.75) is 43.1 Å². The smallest absolute Gasteiger partial charge is 0.240 e. The number of aliphatic hydroxyl groups excluding tert-OH is 1. The van der Waals surface area contributed by atoms with Gasteiger partial charge in [0, 0.05) is 23.8 Å². The zero-order valence-electron chi connectivity index (χ0n) is 15.1. The van der Waals surface area contributed by atoms with E-state index in [9.17, 15) is 13.5 Å². The molecule has 2 aromatic heterocycles. The van der Waals surface area contributed by atoms with Gasteiger partial charge in [0.2, 0.25) is 10.0 Å². The van der Waals surface area contributed by atoms with E-state index < -0.39 is 16.1 Å². The molecular formula is C20H23N3O3S. The average molecular weight is 385 g/mol. The standard InChI is InChI=1S/C20H23N3O3S/c1-2-15(24)12-22-27(25,26)16-7-5-13(6-8-16)17-9-10-21-20-18(17)11-19(23-20)14-3-4-14/h5-11,14-15,22,24H,2-4,12H2,1H3,(H,21,23). The van der Waals surface area contributed by atoms with E-state index in [2.05, 4.69) is 20.8 Å². The van der Waals surface area contributed by atoms with Crippen molar-refractivity contribution >= 4 is 21.1 Å². The Morgan fingerprint density at radius 2 is 2.00 bits per heavy atom. The maximum atomic E-state index is 12.4. The lowest BCUT2D eigenvalue weighted by atomic mass is 10.0. The number of hydrogen-bond acceptors (Lipinski definition) is 4. The zero-order valence-corrected chi connectivity index (χ0v) is 16.0. The van der Waals surface area contributed by atoms with Crippen LogP contribution in [0.5, 0.6) is 0 Å². The van der Waals surface area contributed by atoms with Gasteiger partial charge in [-0.05, 0) is 60.6 Å². The van der Waals surface area contributed by atoms with Crippen LogP contribution in [0.3, 0.4) is 0 Å². The summed E-state index contributed by atoms with van der Waals surface area (Å²) < 4.78 is 27.2. The summed E-state index contributed by atoms with van der Waals surface area (Å²) in [6, 6.07) is 10.9. The number of aromatic amines is 1. The fraction of sp³-hybridized carbons (Fsp3) is 0.350. The highest BCUT2D eigenvalue weighted by molar-refractivity contribution is 7.89. The molecule has 1 aromatic carbocycles. The van der Waals surface area contributed by atoms with Crippen molar-refractivity contribution in [1.29, 1.82) is 0 Å². The fourth-order valence-corrected chi connectivity index (χ4v) is 4.23.